The largest absolute Gasteiger partial charge is 0.543 e. The number of carboxylic acids is 1. The van der Waals surface area contributed by atoms with Crippen molar-refractivity contribution in [3.05, 3.63) is 23.5 Å². The highest BCUT2D eigenvalue weighted by Gasteiger charge is 2.25. The van der Waals surface area contributed by atoms with Crippen molar-refractivity contribution >= 4 is 16.2 Å². The molecule has 7 nitrogen and oxygen atoms in total. The Morgan fingerprint density at radius 3 is 2.47 bits per heavy atom. The molecule has 0 aliphatic carbocycles. The van der Waals surface area contributed by atoms with Gasteiger partial charge in [0, 0.05) is 6.20 Å². The van der Waals surface area contributed by atoms with Crippen LogP contribution in [0.1, 0.15) is 34.8 Å². The molecule has 2 rings (SSSR count). The fourth-order valence-electron chi connectivity index (χ4n) is 2.50. The maximum Gasteiger partial charge on any atom is 0.302 e. The zero-order valence-corrected chi connectivity index (χ0v) is 11.4. The molecule has 19 heavy (non-hydrogen) atoms. The molecule has 1 saturated heterocycles. The Kier molecular flexibility index (Phi) is 3.66. The van der Waals surface area contributed by atoms with E-state index in [2.05, 4.69) is 4.90 Å². The second kappa shape index (κ2) is 4.95. The first-order chi connectivity index (χ1) is 8.80. The van der Waals surface area contributed by atoms with Crippen LogP contribution in [0.2, 0.25) is 0 Å². The number of hydrogen-bond acceptors (Lipinski definition) is 5. The van der Waals surface area contributed by atoms with Crippen molar-refractivity contribution in [1.29, 1.82) is 0 Å². The molecule has 0 spiro atoms. The molecule has 0 atom stereocenters. The van der Waals surface area contributed by atoms with Gasteiger partial charge in [0.05, 0.1) is 11.7 Å². The Morgan fingerprint density at radius 2 is 2.00 bits per heavy atom. The molecule has 0 amide bonds. The lowest BCUT2D eigenvalue weighted by Gasteiger charge is -2.29. The predicted molar refractivity (Wildman–Crippen MR) is 66.7 cm³/mol. The molecule has 1 aliphatic heterocycles. The number of carbonyl (C=O) groups is 1. The molecule has 0 bridgehead atoms. The third kappa shape index (κ3) is 2.80. The molecule has 0 aromatic carbocycles. The molecule has 0 unspecified atom stereocenters. The van der Waals surface area contributed by atoms with E-state index in [9.17, 15) is 18.3 Å². The molecule has 8 heteroatoms. The Labute approximate surface area is 111 Å². The molecular formula is C11H16N3O4S-. The summed E-state index contributed by atoms with van der Waals surface area (Å²) in [4.78, 5) is 13.3. The highest BCUT2D eigenvalue weighted by molar-refractivity contribution is 7.87. The van der Waals surface area contributed by atoms with Crippen LogP contribution in [0.25, 0.3) is 0 Å². The van der Waals surface area contributed by atoms with Crippen LogP contribution in [0, 0.1) is 0 Å². The summed E-state index contributed by atoms with van der Waals surface area (Å²) in [5.41, 5.74) is 0.138. The predicted octanol–water partition coefficient (Wildman–Crippen LogP) is -1.29. The van der Waals surface area contributed by atoms with Crippen LogP contribution in [0.15, 0.2) is 12.3 Å². The van der Waals surface area contributed by atoms with E-state index >= 15 is 0 Å². The average Bonchev–Trinajstić information content (AvgIpc) is 2.74. The summed E-state index contributed by atoms with van der Waals surface area (Å²) in [6.07, 6.45) is 2.74. The molecule has 2 heterocycles. The number of likely N-dealkylation sites (tertiary alicyclic amines) is 1. The van der Waals surface area contributed by atoms with Crippen LogP contribution in [0.4, 0.5) is 0 Å². The summed E-state index contributed by atoms with van der Waals surface area (Å²) in [6, 6.07) is 1.51. The monoisotopic (exact) mass is 286 g/mol. The molecule has 0 radical (unpaired) electrons. The molecule has 106 valence electrons. The molecule has 1 aromatic heterocycles. The zero-order valence-electron chi connectivity index (χ0n) is 10.6. The van der Waals surface area contributed by atoms with Gasteiger partial charge >= 0.3 is 10.2 Å². The summed E-state index contributed by atoms with van der Waals surface area (Å²) >= 11 is 0. The van der Waals surface area contributed by atoms with Crippen LogP contribution >= 0.6 is 0 Å². The number of piperidine rings is 1. The lowest BCUT2D eigenvalue weighted by molar-refractivity contribution is -0.255. The van der Waals surface area contributed by atoms with Gasteiger partial charge in [0.1, 0.15) is 0 Å². The van der Waals surface area contributed by atoms with Gasteiger partial charge in [-0.05, 0) is 50.5 Å². The van der Waals surface area contributed by atoms with E-state index in [1.807, 2.05) is 7.05 Å². The van der Waals surface area contributed by atoms with Crippen molar-refractivity contribution in [3.63, 3.8) is 0 Å². The van der Waals surface area contributed by atoms with Gasteiger partial charge in [-0.3, -0.25) is 0 Å². The Bertz CT molecular complexity index is 585. The van der Waals surface area contributed by atoms with E-state index in [1.165, 1.54) is 12.3 Å². The summed E-state index contributed by atoms with van der Waals surface area (Å²) in [7, 11) is -2.13. The maximum atomic E-state index is 11.3. The number of aromatic nitrogens is 1. The maximum absolute atomic E-state index is 11.3. The van der Waals surface area contributed by atoms with E-state index in [0.29, 0.717) is 9.54 Å². The van der Waals surface area contributed by atoms with E-state index in [1.54, 1.807) is 0 Å². The van der Waals surface area contributed by atoms with Gasteiger partial charge in [0.15, 0.2) is 0 Å². The molecule has 0 saturated carbocycles. The number of carbonyl (C=O) groups excluding carboxylic acids is 1. The van der Waals surface area contributed by atoms with Crippen LogP contribution in [0.3, 0.4) is 0 Å². The Morgan fingerprint density at radius 1 is 1.42 bits per heavy atom. The minimum absolute atomic E-state index is 0.0205. The van der Waals surface area contributed by atoms with Crippen LogP contribution in [-0.4, -0.2) is 43.4 Å². The zero-order chi connectivity index (χ0) is 14.2. The summed E-state index contributed by atoms with van der Waals surface area (Å²) in [5, 5.41) is 16.2. The number of nitrogens with two attached hydrogens (primary N) is 1. The number of carboxylic acid groups (broad SMARTS) is 1. The van der Waals surface area contributed by atoms with Gasteiger partial charge in [-0.15, -0.1) is 0 Å². The van der Waals surface area contributed by atoms with Crippen molar-refractivity contribution in [3.8, 4) is 0 Å². The van der Waals surface area contributed by atoms with E-state index in [-0.39, 0.29) is 11.6 Å². The second-order valence-corrected chi connectivity index (χ2v) is 6.25. The molecular weight excluding hydrogens is 270 g/mol. The lowest BCUT2D eigenvalue weighted by Crippen LogP contribution is -2.34. The van der Waals surface area contributed by atoms with E-state index < -0.39 is 16.2 Å². The van der Waals surface area contributed by atoms with Gasteiger partial charge in [-0.2, -0.15) is 8.42 Å². The van der Waals surface area contributed by atoms with Crippen molar-refractivity contribution in [1.82, 2.24) is 8.87 Å². The smallest absolute Gasteiger partial charge is 0.302 e. The fourth-order valence-corrected chi connectivity index (χ4v) is 3.16. The summed E-state index contributed by atoms with van der Waals surface area (Å²) in [5.74, 6) is -1.50. The molecule has 1 fully saturated rings. The van der Waals surface area contributed by atoms with E-state index in [4.69, 9.17) is 5.14 Å². The van der Waals surface area contributed by atoms with Gasteiger partial charge in [-0.1, -0.05) is 0 Å². The normalized spacial score (nSPS) is 18.6. The van der Waals surface area contributed by atoms with Gasteiger partial charge in [0.25, 0.3) is 0 Å². The number of nitrogens with zero attached hydrogens (tertiary/aromatic N) is 2. The summed E-state index contributed by atoms with van der Waals surface area (Å²) in [6.45, 7) is 1.69. The number of hydrogen-bond donors (Lipinski definition) is 1. The van der Waals surface area contributed by atoms with Crippen LogP contribution in [0.5, 0.6) is 0 Å². The van der Waals surface area contributed by atoms with E-state index in [0.717, 1.165) is 25.9 Å². The standard InChI is InChI=1S/C11H17N3O4S/c1-13-5-2-8(3-6-13)9-4-7-14(19(12,17)18)10(9)11(15)16/h4,7-8H,2-3,5-6H2,1H3,(H,15,16)(H2,12,17,18)/p-1. The topological polar surface area (TPSA) is 108 Å². The lowest BCUT2D eigenvalue weighted by atomic mass is 9.89. The second-order valence-electron chi connectivity index (χ2n) is 4.83. The first-order valence-electron chi connectivity index (χ1n) is 5.95. The molecule has 1 aromatic rings. The van der Waals surface area contributed by atoms with Gasteiger partial charge in [0.2, 0.25) is 0 Å². The third-order valence-corrected chi connectivity index (χ3v) is 4.36. The first-order valence-corrected chi connectivity index (χ1v) is 7.45. The quantitative estimate of drug-likeness (QED) is 0.744. The minimum Gasteiger partial charge on any atom is -0.543 e. The van der Waals surface area contributed by atoms with Crippen molar-refractivity contribution in [2.24, 2.45) is 5.14 Å². The fraction of sp³-hybridized carbons (Fsp3) is 0.545. The molecule has 1 aliphatic rings. The van der Waals surface area contributed by atoms with Crippen LogP contribution < -0.4 is 10.2 Å². The van der Waals surface area contributed by atoms with Crippen molar-refractivity contribution in [2.75, 3.05) is 20.1 Å². The minimum atomic E-state index is -4.12. The van der Waals surface area contributed by atoms with Gasteiger partial charge < -0.3 is 14.8 Å². The molecule has 2 N–H and O–H groups in total. The highest BCUT2D eigenvalue weighted by Crippen LogP contribution is 2.30. The Hall–Kier alpha value is -1.38. The number of aromatic carboxylic acids is 1. The Balaban J connectivity index is 2.42. The van der Waals surface area contributed by atoms with Crippen molar-refractivity contribution < 1.29 is 18.3 Å². The van der Waals surface area contributed by atoms with Crippen LogP contribution in [-0.2, 0) is 10.2 Å². The van der Waals surface area contributed by atoms with Gasteiger partial charge in [-0.25, -0.2) is 9.11 Å². The average molecular weight is 286 g/mol. The first kappa shape index (κ1) is 14.0. The third-order valence-electron chi connectivity index (χ3n) is 3.51. The SMILES string of the molecule is CN1CCC(c2ccn(S(N)(=O)=O)c2C(=O)[O-])CC1. The number of rotatable bonds is 3. The van der Waals surface area contributed by atoms with Crippen molar-refractivity contribution in [2.45, 2.75) is 18.8 Å². The highest BCUT2D eigenvalue weighted by atomic mass is 32.2. The summed E-state index contributed by atoms with van der Waals surface area (Å²) < 4.78 is 23.3.